The van der Waals surface area contributed by atoms with E-state index in [9.17, 15) is 5.26 Å². The van der Waals surface area contributed by atoms with Crippen LogP contribution in [0.2, 0.25) is 0 Å². The van der Waals surface area contributed by atoms with Crippen LogP contribution < -0.4 is 0 Å². The zero-order valence-electron chi connectivity index (χ0n) is 12.3. The van der Waals surface area contributed by atoms with Gasteiger partial charge in [-0.1, -0.05) is 54.6 Å². The molecule has 0 spiro atoms. The molecular formula is C20H13N3. The van der Waals surface area contributed by atoms with Gasteiger partial charge in [-0.2, -0.15) is 5.26 Å². The normalized spacial score (nSPS) is 12.1. The molecule has 3 nitrogen and oxygen atoms in total. The largest absolute Gasteiger partial charge is 0.253 e. The third-order valence-electron chi connectivity index (χ3n) is 4.03. The molecule has 0 amide bonds. The van der Waals surface area contributed by atoms with Gasteiger partial charge in [0.05, 0.1) is 29.0 Å². The van der Waals surface area contributed by atoms with Crippen LogP contribution in [0.25, 0.3) is 21.8 Å². The van der Waals surface area contributed by atoms with Crippen LogP contribution in [0.15, 0.2) is 72.9 Å². The predicted octanol–water partition coefficient (Wildman–Crippen LogP) is 4.44. The molecule has 0 radical (unpaired) electrons. The van der Waals surface area contributed by atoms with E-state index >= 15 is 0 Å². The Morgan fingerprint density at radius 1 is 0.826 bits per heavy atom. The summed E-state index contributed by atoms with van der Waals surface area (Å²) in [5.41, 5.74) is 3.30. The minimum absolute atomic E-state index is 0.432. The van der Waals surface area contributed by atoms with Crippen molar-refractivity contribution in [3.8, 4) is 6.07 Å². The lowest BCUT2D eigenvalue weighted by molar-refractivity contribution is 0.972. The molecular weight excluding hydrogens is 282 g/mol. The zero-order chi connectivity index (χ0) is 15.6. The highest BCUT2D eigenvalue weighted by atomic mass is 14.8. The summed E-state index contributed by atoms with van der Waals surface area (Å²) in [5.74, 6) is -0.432. The van der Waals surface area contributed by atoms with E-state index in [4.69, 9.17) is 0 Å². The maximum absolute atomic E-state index is 9.75. The monoisotopic (exact) mass is 295 g/mol. The van der Waals surface area contributed by atoms with Gasteiger partial charge in [0.1, 0.15) is 5.92 Å². The molecule has 0 aliphatic rings. The minimum Gasteiger partial charge on any atom is -0.253 e. The molecule has 23 heavy (non-hydrogen) atoms. The average molecular weight is 295 g/mol. The summed E-state index contributed by atoms with van der Waals surface area (Å²) in [6.45, 7) is 0. The second kappa shape index (κ2) is 5.51. The average Bonchev–Trinajstić information content (AvgIpc) is 2.62. The molecule has 3 aromatic carbocycles. The number of nitrogens with zero attached hydrogens (tertiary/aromatic N) is 3. The van der Waals surface area contributed by atoms with Gasteiger partial charge >= 0.3 is 0 Å². The Hall–Kier alpha value is -3.25. The van der Waals surface area contributed by atoms with Crippen LogP contribution in [0, 0.1) is 11.3 Å². The van der Waals surface area contributed by atoms with Crippen LogP contribution in [0.1, 0.15) is 17.2 Å². The number of fused-ring (bicyclic) bond motifs is 2. The molecule has 1 unspecified atom stereocenters. The van der Waals surface area contributed by atoms with Crippen molar-refractivity contribution < 1.29 is 0 Å². The first kappa shape index (κ1) is 13.4. The number of benzene rings is 3. The Morgan fingerprint density at radius 3 is 2.43 bits per heavy atom. The van der Waals surface area contributed by atoms with Gasteiger partial charge in [-0.05, 0) is 28.5 Å². The van der Waals surface area contributed by atoms with Crippen LogP contribution in [0.5, 0.6) is 0 Å². The SMILES string of the molecule is N#CC(c1cnc2ccccc2n1)c1cccc2ccccc12. The van der Waals surface area contributed by atoms with Gasteiger partial charge in [-0.3, -0.25) is 4.98 Å². The van der Waals surface area contributed by atoms with Crippen molar-refractivity contribution >= 4 is 21.8 Å². The van der Waals surface area contributed by atoms with Gasteiger partial charge in [-0.25, -0.2) is 4.98 Å². The number of nitriles is 1. The van der Waals surface area contributed by atoms with Gasteiger partial charge in [0, 0.05) is 0 Å². The van der Waals surface area contributed by atoms with Gasteiger partial charge in [0.2, 0.25) is 0 Å². The molecule has 1 aromatic heterocycles. The summed E-state index contributed by atoms with van der Waals surface area (Å²) in [4.78, 5) is 9.09. The van der Waals surface area contributed by atoms with Gasteiger partial charge in [0.15, 0.2) is 0 Å². The summed E-state index contributed by atoms with van der Waals surface area (Å²) in [6, 6.07) is 24.2. The Morgan fingerprint density at radius 2 is 1.57 bits per heavy atom. The summed E-state index contributed by atoms with van der Waals surface area (Å²) in [7, 11) is 0. The number of hydrogen-bond donors (Lipinski definition) is 0. The maximum atomic E-state index is 9.75. The van der Waals surface area contributed by atoms with E-state index in [0.29, 0.717) is 5.69 Å². The number of hydrogen-bond acceptors (Lipinski definition) is 3. The highest BCUT2D eigenvalue weighted by Gasteiger charge is 2.18. The third-order valence-corrected chi connectivity index (χ3v) is 4.03. The Balaban J connectivity index is 1.91. The molecule has 0 saturated carbocycles. The van der Waals surface area contributed by atoms with Crippen molar-refractivity contribution in [1.29, 1.82) is 5.26 Å². The fourth-order valence-electron chi connectivity index (χ4n) is 2.91. The minimum atomic E-state index is -0.432. The van der Waals surface area contributed by atoms with Crippen LogP contribution in [-0.4, -0.2) is 9.97 Å². The van der Waals surface area contributed by atoms with Crippen molar-refractivity contribution in [2.45, 2.75) is 5.92 Å². The molecule has 4 rings (SSSR count). The molecule has 0 fully saturated rings. The van der Waals surface area contributed by atoms with E-state index in [1.807, 2.05) is 54.6 Å². The number of aromatic nitrogens is 2. The van der Waals surface area contributed by atoms with Crippen LogP contribution in [0.4, 0.5) is 0 Å². The zero-order valence-corrected chi connectivity index (χ0v) is 12.3. The second-order valence-corrected chi connectivity index (χ2v) is 5.41. The van der Waals surface area contributed by atoms with Crippen molar-refractivity contribution in [1.82, 2.24) is 9.97 Å². The van der Waals surface area contributed by atoms with Crippen molar-refractivity contribution in [2.75, 3.05) is 0 Å². The summed E-state index contributed by atoms with van der Waals surface area (Å²) < 4.78 is 0. The van der Waals surface area contributed by atoms with Crippen molar-refractivity contribution in [2.24, 2.45) is 0 Å². The van der Waals surface area contributed by atoms with Gasteiger partial charge < -0.3 is 0 Å². The number of rotatable bonds is 2. The molecule has 3 heteroatoms. The fourth-order valence-corrected chi connectivity index (χ4v) is 2.91. The highest BCUT2D eigenvalue weighted by Crippen LogP contribution is 2.29. The van der Waals surface area contributed by atoms with Gasteiger partial charge in [0.25, 0.3) is 0 Å². The topological polar surface area (TPSA) is 49.6 Å². The molecule has 1 atom stereocenters. The summed E-state index contributed by atoms with van der Waals surface area (Å²) >= 11 is 0. The Kier molecular flexibility index (Phi) is 3.21. The lowest BCUT2D eigenvalue weighted by atomic mass is 9.92. The Bertz CT molecular complexity index is 1040. The maximum Gasteiger partial charge on any atom is 0.116 e. The highest BCUT2D eigenvalue weighted by molar-refractivity contribution is 5.87. The first-order valence-electron chi connectivity index (χ1n) is 7.46. The first-order valence-corrected chi connectivity index (χ1v) is 7.46. The molecule has 0 bridgehead atoms. The van der Waals surface area contributed by atoms with Crippen LogP contribution >= 0.6 is 0 Å². The second-order valence-electron chi connectivity index (χ2n) is 5.41. The molecule has 0 aliphatic carbocycles. The van der Waals surface area contributed by atoms with E-state index < -0.39 is 5.92 Å². The van der Waals surface area contributed by atoms with Crippen LogP contribution in [0.3, 0.4) is 0 Å². The van der Waals surface area contributed by atoms with E-state index in [-0.39, 0.29) is 0 Å². The predicted molar refractivity (Wildman–Crippen MR) is 90.9 cm³/mol. The van der Waals surface area contributed by atoms with Crippen molar-refractivity contribution in [3.05, 3.63) is 84.2 Å². The van der Waals surface area contributed by atoms with E-state index in [1.54, 1.807) is 6.20 Å². The summed E-state index contributed by atoms with van der Waals surface area (Å²) in [6.07, 6.45) is 1.71. The molecule has 108 valence electrons. The number of para-hydroxylation sites is 2. The fraction of sp³-hybridized carbons (Fsp3) is 0.0500. The van der Waals surface area contributed by atoms with Crippen molar-refractivity contribution in [3.63, 3.8) is 0 Å². The molecule has 0 aliphatic heterocycles. The van der Waals surface area contributed by atoms with E-state index in [1.165, 1.54) is 0 Å². The lowest BCUT2D eigenvalue weighted by Gasteiger charge is -2.12. The molecule has 0 saturated heterocycles. The van der Waals surface area contributed by atoms with E-state index in [0.717, 1.165) is 27.4 Å². The standard InChI is InChI=1S/C20H13N3/c21-12-17(16-9-5-7-14-6-1-2-8-15(14)16)20-13-22-18-10-3-4-11-19(18)23-20/h1-11,13,17H. The lowest BCUT2D eigenvalue weighted by Crippen LogP contribution is -2.03. The quantitative estimate of drug-likeness (QED) is 0.549. The molecule has 4 aromatic rings. The Labute approximate surface area is 133 Å². The smallest absolute Gasteiger partial charge is 0.116 e. The van der Waals surface area contributed by atoms with Gasteiger partial charge in [-0.15, -0.1) is 0 Å². The molecule has 1 heterocycles. The summed E-state index contributed by atoms with van der Waals surface area (Å²) in [5, 5.41) is 12.0. The first-order chi connectivity index (χ1) is 11.4. The van der Waals surface area contributed by atoms with Crippen LogP contribution in [-0.2, 0) is 0 Å². The third kappa shape index (κ3) is 2.31. The molecule has 0 N–H and O–H groups in total. The van der Waals surface area contributed by atoms with E-state index in [2.05, 4.69) is 28.2 Å².